The van der Waals surface area contributed by atoms with Gasteiger partial charge >= 0.3 is 18.1 Å². The second-order valence-corrected chi connectivity index (χ2v) is 7.90. The zero-order valence-corrected chi connectivity index (χ0v) is 20.5. The van der Waals surface area contributed by atoms with Gasteiger partial charge in [-0.1, -0.05) is 12.1 Å². The molecule has 1 unspecified atom stereocenters. The predicted octanol–water partition coefficient (Wildman–Crippen LogP) is 2.57. The topological polar surface area (TPSA) is 201 Å². The first-order chi connectivity index (χ1) is 18.2. The molecule has 1 atom stereocenters. The second-order valence-electron chi connectivity index (χ2n) is 7.90. The van der Waals surface area contributed by atoms with Crippen LogP contribution in [0.25, 0.3) is 0 Å². The van der Waals surface area contributed by atoms with Crippen LogP contribution in [-0.2, 0) is 19.2 Å². The van der Waals surface area contributed by atoms with Crippen molar-refractivity contribution in [3.05, 3.63) is 63.8 Å². The van der Waals surface area contributed by atoms with E-state index in [2.05, 4.69) is 20.9 Å². The molecule has 5 N–H and O–H groups in total. The fourth-order valence-corrected chi connectivity index (χ4v) is 2.89. The number of hydrogen-bond donors (Lipinski definition) is 5. The van der Waals surface area contributed by atoms with Crippen LogP contribution in [0.5, 0.6) is 0 Å². The van der Waals surface area contributed by atoms with Gasteiger partial charge in [0, 0.05) is 31.3 Å². The fourth-order valence-electron chi connectivity index (χ4n) is 2.89. The zero-order chi connectivity index (χ0) is 29.6. The van der Waals surface area contributed by atoms with Crippen molar-refractivity contribution in [3.8, 4) is 0 Å². The third-order valence-electron chi connectivity index (χ3n) is 4.69. The normalized spacial score (nSPS) is 11.3. The van der Waals surface area contributed by atoms with E-state index in [0.717, 1.165) is 11.4 Å². The van der Waals surface area contributed by atoms with E-state index in [1.54, 1.807) is 6.20 Å². The molecule has 2 aromatic rings. The van der Waals surface area contributed by atoms with Crippen LogP contribution in [0.4, 0.5) is 24.7 Å². The molecule has 16 heteroatoms. The highest BCUT2D eigenvalue weighted by Gasteiger charge is 2.38. The summed E-state index contributed by atoms with van der Waals surface area (Å²) in [5.74, 6) is -4.15. The first kappa shape index (κ1) is 32.3. The summed E-state index contributed by atoms with van der Waals surface area (Å²) in [5, 5.41) is 35.3. The number of rotatable bonds is 12. The van der Waals surface area contributed by atoms with Crippen LogP contribution in [-0.4, -0.2) is 63.1 Å². The van der Waals surface area contributed by atoms with Gasteiger partial charge in [-0.3, -0.25) is 24.5 Å². The number of nitrogens with zero attached hydrogens (tertiary/aromatic N) is 2. The Balaban J connectivity index is 0.000000956. The van der Waals surface area contributed by atoms with E-state index in [1.165, 1.54) is 24.3 Å². The molecule has 0 bridgehead atoms. The highest BCUT2D eigenvalue weighted by Crippen LogP contribution is 2.22. The van der Waals surface area contributed by atoms with Gasteiger partial charge in [0.25, 0.3) is 5.69 Å². The Morgan fingerprint density at radius 2 is 1.77 bits per heavy atom. The molecule has 2 rings (SSSR count). The van der Waals surface area contributed by atoms with Gasteiger partial charge in [-0.15, -0.1) is 0 Å². The van der Waals surface area contributed by atoms with Crippen LogP contribution in [0, 0.1) is 17.0 Å². The first-order valence-corrected chi connectivity index (χ1v) is 11.2. The number of pyridine rings is 1. The predicted molar refractivity (Wildman–Crippen MR) is 130 cm³/mol. The molecule has 1 heterocycles. The SMILES string of the molecule is Cc1ccnc(NCCCC(=O)NCC(=O)NC(CC(=O)O)c2cccc([N+](=O)[O-])c2)c1.O=C(O)C(F)(F)F. The van der Waals surface area contributed by atoms with E-state index in [9.17, 15) is 37.7 Å². The summed E-state index contributed by atoms with van der Waals surface area (Å²) in [5.41, 5.74) is 1.14. The summed E-state index contributed by atoms with van der Waals surface area (Å²) in [4.78, 5) is 58.7. The van der Waals surface area contributed by atoms with Crippen molar-refractivity contribution in [2.75, 3.05) is 18.4 Å². The smallest absolute Gasteiger partial charge is 0.481 e. The molecule has 0 aliphatic carbocycles. The van der Waals surface area contributed by atoms with Gasteiger partial charge in [-0.25, -0.2) is 9.78 Å². The number of carboxylic acid groups (broad SMARTS) is 2. The van der Waals surface area contributed by atoms with Crippen molar-refractivity contribution in [3.63, 3.8) is 0 Å². The van der Waals surface area contributed by atoms with E-state index < -0.39 is 41.4 Å². The Bertz CT molecular complexity index is 1180. The van der Waals surface area contributed by atoms with E-state index in [-0.39, 0.29) is 30.1 Å². The maximum absolute atomic E-state index is 12.2. The minimum atomic E-state index is -5.08. The minimum Gasteiger partial charge on any atom is -0.481 e. The standard InChI is InChI=1S/C21H25N5O6.C2HF3O2/c1-14-7-9-23-18(10-14)22-8-3-6-19(27)24-13-20(28)25-17(12-21(29)30)15-4-2-5-16(11-15)26(31)32;3-2(4,5)1(6)7/h2,4-5,7,9-11,17H,3,6,8,12-13H2,1H3,(H,22,23)(H,24,27)(H,25,28)(H,29,30);(H,6,7). The number of non-ortho nitro benzene ring substituents is 1. The number of carboxylic acids is 2. The van der Waals surface area contributed by atoms with E-state index in [0.29, 0.717) is 13.0 Å². The summed E-state index contributed by atoms with van der Waals surface area (Å²) in [6, 6.07) is 8.19. The summed E-state index contributed by atoms with van der Waals surface area (Å²) >= 11 is 0. The van der Waals surface area contributed by atoms with Gasteiger partial charge < -0.3 is 26.2 Å². The van der Waals surface area contributed by atoms with Gasteiger partial charge in [-0.2, -0.15) is 13.2 Å². The number of nitro groups is 1. The number of nitrogens with one attached hydrogen (secondary N) is 3. The lowest BCUT2D eigenvalue weighted by Gasteiger charge is -2.17. The van der Waals surface area contributed by atoms with E-state index in [1.807, 2.05) is 19.1 Å². The largest absolute Gasteiger partial charge is 0.490 e. The van der Waals surface area contributed by atoms with E-state index >= 15 is 0 Å². The molecular weight excluding hydrogens is 531 g/mol. The number of alkyl halides is 3. The van der Waals surface area contributed by atoms with Crippen molar-refractivity contribution >= 4 is 35.3 Å². The van der Waals surface area contributed by atoms with Gasteiger partial charge in [0.1, 0.15) is 5.82 Å². The van der Waals surface area contributed by atoms with Crippen LogP contribution in [0.3, 0.4) is 0 Å². The van der Waals surface area contributed by atoms with E-state index in [4.69, 9.17) is 15.0 Å². The number of aliphatic carboxylic acids is 2. The number of aryl methyl sites for hydroxylation is 1. The molecule has 0 aliphatic heterocycles. The lowest BCUT2D eigenvalue weighted by molar-refractivity contribution is -0.384. The Morgan fingerprint density at radius 3 is 2.33 bits per heavy atom. The number of carbonyl (C=O) groups excluding carboxylic acids is 2. The number of nitro benzene ring substituents is 1. The fraction of sp³-hybridized carbons (Fsp3) is 0.348. The van der Waals surface area contributed by atoms with Gasteiger partial charge in [0.15, 0.2) is 0 Å². The average Bonchev–Trinajstić information content (AvgIpc) is 2.84. The molecule has 1 aromatic carbocycles. The highest BCUT2D eigenvalue weighted by atomic mass is 19.4. The molecule has 0 aliphatic rings. The molecular formula is C23H26F3N5O8. The maximum atomic E-state index is 12.2. The number of aromatic nitrogens is 1. The van der Waals surface area contributed by atoms with Crippen LogP contribution in [0.1, 0.15) is 36.4 Å². The zero-order valence-electron chi connectivity index (χ0n) is 20.5. The van der Waals surface area contributed by atoms with Gasteiger partial charge in [-0.05, 0) is 36.6 Å². The molecule has 0 spiro atoms. The average molecular weight is 557 g/mol. The molecule has 13 nitrogen and oxygen atoms in total. The number of halogens is 3. The lowest BCUT2D eigenvalue weighted by atomic mass is 10.0. The summed E-state index contributed by atoms with van der Waals surface area (Å²) in [6.45, 7) is 2.14. The van der Waals surface area contributed by atoms with Crippen LogP contribution >= 0.6 is 0 Å². The summed E-state index contributed by atoms with van der Waals surface area (Å²) in [7, 11) is 0. The number of hydrogen-bond acceptors (Lipinski definition) is 8. The molecule has 0 fully saturated rings. The molecule has 212 valence electrons. The molecule has 1 aromatic heterocycles. The Labute approximate surface area is 219 Å². The third-order valence-corrected chi connectivity index (χ3v) is 4.69. The number of amides is 2. The van der Waals surface area contributed by atoms with Gasteiger partial charge in [0.05, 0.1) is 23.9 Å². The van der Waals surface area contributed by atoms with Gasteiger partial charge in [0.2, 0.25) is 11.8 Å². The summed E-state index contributed by atoms with van der Waals surface area (Å²) in [6.07, 6.45) is -3.14. The molecule has 2 amide bonds. The Morgan fingerprint density at radius 1 is 1.10 bits per heavy atom. The Kier molecular flexibility index (Phi) is 12.8. The maximum Gasteiger partial charge on any atom is 0.490 e. The number of carbonyl (C=O) groups is 4. The quantitative estimate of drug-likeness (QED) is 0.147. The van der Waals surface area contributed by atoms with Crippen LogP contribution < -0.4 is 16.0 Å². The molecule has 0 saturated carbocycles. The molecule has 0 radical (unpaired) electrons. The first-order valence-electron chi connectivity index (χ1n) is 11.2. The van der Waals surface area contributed by atoms with Crippen LogP contribution in [0.2, 0.25) is 0 Å². The molecule has 0 saturated heterocycles. The molecule has 39 heavy (non-hydrogen) atoms. The van der Waals surface area contributed by atoms with Crippen molar-refractivity contribution in [1.29, 1.82) is 0 Å². The number of anilines is 1. The minimum absolute atomic E-state index is 0.190. The monoisotopic (exact) mass is 557 g/mol. The Hall–Kier alpha value is -4.76. The van der Waals surface area contributed by atoms with Crippen molar-refractivity contribution in [2.45, 2.75) is 38.4 Å². The second kappa shape index (κ2) is 15.5. The van der Waals surface area contributed by atoms with Crippen molar-refractivity contribution in [2.24, 2.45) is 0 Å². The lowest BCUT2D eigenvalue weighted by Crippen LogP contribution is -2.39. The summed E-state index contributed by atoms with van der Waals surface area (Å²) < 4.78 is 31.7. The van der Waals surface area contributed by atoms with Crippen LogP contribution in [0.15, 0.2) is 42.6 Å². The van der Waals surface area contributed by atoms with Crippen molar-refractivity contribution < 1.29 is 47.5 Å². The number of benzene rings is 1. The highest BCUT2D eigenvalue weighted by molar-refractivity contribution is 5.85. The van der Waals surface area contributed by atoms with Crippen molar-refractivity contribution in [1.82, 2.24) is 15.6 Å². The third kappa shape index (κ3) is 13.4.